The van der Waals surface area contributed by atoms with Crippen LogP contribution in [0.3, 0.4) is 0 Å². The molecule has 0 aliphatic carbocycles. The molecule has 29 heavy (non-hydrogen) atoms. The maximum Gasteiger partial charge on any atom is 0.263 e. The molecule has 3 rings (SSSR count). The molecule has 8 nitrogen and oxygen atoms in total. The Balaban J connectivity index is 1.64. The number of nitrogens with zero attached hydrogens (tertiary/aromatic N) is 1. The Bertz CT molecular complexity index is 1080. The van der Waals surface area contributed by atoms with Gasteiger partial charge in [-0.1, -0.05) is 6.07 Å². The molecule has 2 N–H and O–H groups in total. The predicted octanol–water partition coefficient (Wildman–Crippen LogP) is 3.14. The number of benzene rings is 2. The number of aromatic nitrogens is 1. The van der Waals surface area contributed by atoms with Gasteiger partial charge in [0, 0.05) is 17.3 Å². The molecular formula is C19H19N3O5S2. The molecule has 0 bridgehead atoms. The van der Waals surface area contributed by atoms with Crippen LogP contribution in [-0.4, -0.2) is 33.5 Å². The summed E-state index contributed by atoms with van der Waals surface area (Å²) in [4.78, 5) is 16.3. The minimum Gasteiger partial charge on any atom is -0.493 e. The summed E-state index contributed by atoms with van der Waals surface area (Å²) < 4.78 is 37.5. The largest absolute Gasteiger partial charge is 0.493 e. The van der Waals surface area contributed by atoms with Gasteiger partial charge in [0.2, 0.25) is 5.91 Å². The molecule has 0 saturated heterocycles. The van der Waals surface area contributed by atoms with Gasteiger partial charge in [0.1, 0.15) is 0 Å². The van der Waals surface area contributed by atoms with E-state index < -0.39 is 10.0 Å². The molecule has 0 radical (unpaired) electrons. The topological polar surface area (TPSA) is 107 Å². The maximum atomic E-state index is 12.3. The molecular weight excluding hydrogens is 414 g/mol. The van der Waals surface area contributed by atoms with E-state index in [0.717, 1.165) is 5.56 Å². The van der Waals surface area contributed by atoms with Crippen LogP contribution >= 0.6 is 11.3 Å². The lowest BCUT2D eigenvalue weighted by atomic mass is 10.1. The lowest BCUT2D eigenvalue weighted by molar-refractivity contribution is -0.115. The van der Waals surface area contributed by atoms with Crippen molar-refractivity contribution in [2.24, 2.45) is 0 Å². The van der Waals surface area contributed by atoms with Crippen LogP contribution in [0.25, 0.3) is 0 Å². The molecule has 2 aromatic carbocycles. The first kappa shape index (κ1) is 20.6. The second-order valence-electron chi connectivity index (χ2n) is 5.88. The summed E-state index contributed by atoms with van der Waals surface area (Å²) in [6.45, 7) is 0. The Morgan fingerprint density at radius 1 is 1.07 bits per heavy atom. The van der Waals surface area contributed by atoms with Crippen molar-refractivity contribution in [2.45, 2.75) is 11.3 Å². The smallest absolute Gasteiger partial charge is 0.263 e. The molecule has 0 saturated carbocycles. The lowest BCUT2D eigenvalue weighted by Crippen LogP contribution is -2.15. The molecule has 0 aliphatic rings. The van der Waals surface area contributed by atoms with Crippen LogP contribution in [0.1, 0.15) is 5.56 Å². The van der Waals surface area contributed by atoms with Crippen molar-refractivity contribution in [1.82, 2.24) is 4.98 Å². The lowest BCUT2D eigenvalue weighted by Gasteiger charge is -2.10. The van der Waals surface area contributed by atoms with Crippen LogP contribution < -0.4 is 19.5 Å². The van der Waals surface area contributed by atoms with Gasteiger partial charge in [-0.2, -0.15) is 0 Å². The van der Waals surface area contributed by atoms with Crippen molar-refractivity contribution in [3.63, 3.8) is 0 Å². The molecule has 1 aromatic heterocycles. The third-order valence-corrected chi connectivity index (χ3v) is 6.09. The first-order chi connectivity index (χ1) is 13.9. The first-order valence-corrected chi connectivity index (χ1v) is 10.8. The van der Waals surface area contributed by atoms with Crippen molar-refractivity contribution in [2.75, 3.05) is 24.3 Å². The Kier molecular flexibility index (Phi) is 6.35. The predicted molar refractivity (Wildman–Crippen MR) is 111 cm³/mol. The number of hydrogen-bond donors (Lipinski definition) is 2. The zero-order valence-corrected chi connectivity index (χ0v) is 17.3. The standard InChI is InChI=1S/C19H19N3O5S2/c1-26-16-8-3-13(11-17(16)27-2)12-18(23)21-14-4-6-15(7-5-14)29(24,25)22-19-20-9-10-28-19/h3-11H,12H2,1-2H3,(H,20,22)(H,21,23). The molecule has 0 unspecified atom stereocenters. The van der Waals surface area contributed by atoms with Crippen molar-refractivity contribution in [3.05, 3.63) is 59.6 Å². The van der Waals surface area contributed by atoms with E-state index in [0.29, 0.717) is 17.2 Å². The second-order valence-corrected chi connectivity index (χ2v) is 8.46. The fourth-order valence-corrected chi connectivity index (χ4v) is 4.34. The highest BCUT2D eigenvalue weighted by Gasteiger charge is 2.15. The van der Waals surface area contributed by atoms with Gasteiger partial charge in [0.15, 0.2) is 16.6 Å². The number of anilines is 2. The monoisotopic (exact) mass is 433 g/mol. The van der Waals surface area contributed by atoms with Gasteiger partial charge < -0.3 is 14.8 Å². The summed E-state index contributed by atoms with van der Waals surface area (Å²) in [5.74, 6) is 0.883. The maximum absolute atomic E-state index is 12.3. The second kappa shape index (κ2) is 8.93. The molecule has 0 atom stereocenters. The Hall–Kier alpha value is -3.11. The highest BCUT2D eigenvalue weighted by molar-refractivity contribution is 7.93. The van der Waals surface area contributed by atoms with E-state index in [1.165, 1.54) is 48.9 Å². The SMILES string of the molecule is COc1ccc(CC(=O)Nc2ccc(S(=O)(=O)Nc3nccs3)cc2)cc1OC. The van der Waals surface area contributed by atoms with E-state index in [1.807, 2.05) is 0 Å². The fourth-order valence-electron chi connectivity index (χ4n) is 2.55. The summed E-state index contributed by atoms with van der Waals surface area (Å²) in [6.07, 6.45) is 1.64. The normalized spacial score (nSPS) is 11.0. The van der Waals surface area contributed by atoms with Crippen LogP contribution in [0, 0.1) is 0 Å². The van der Waals surface area contributed by atoms with Crippen molar-refractivity contribution in [3.8, 4) is 11.5 Å². The summed E-state index contributed by atoms with van der Waals surface area (Å²) >= 11 is 1.19. The van der Waals surface area contributed by atoms with E-state index in [9.17, 15) is 13.2 Å². The summed E-state index contributed by atoms with van der Waals surface area (Å²) in [7, 11) is -0.661. The number of ether oxygens (including phenoxy) is 2. The zero-order valence-electron chi connectivity index (χ0n) is 15.7. The molecule has 0 aliphatic heterocycles. The van der Waals surface area contributed by atoms with E-state index >= 15 is 0 Å². The van der Waals surface area contributed by atoms with Gasteiger partial charge >= 0.3 is 0 Å². The molecule has 1 amide bonds. The minimum atomic E-state index is -3.73. The Morgan fingerprint density at radius 3 is 2.41 bits per heavy atom. The Morgan fingerprint density at radius 2 is 1.79 bits per heavy atom. The van der Waals surface area contributed by atoms with Gasteiger partial charge in [0.25, 0.3) is 10.0 Å². The van der Waals surface area contributed by atoms with E-state index in [-0.39, 0.29) is 22.4 Å². The molecule has 152 valence electrons. The number of methoxy groups -OCH3 is 2. The summed E-state index contributed by atoms with van der Waals surface area (Å²) in [5, 5.41) is 4.71. The average Bonchev–Trinajstić information content (AvgIpc) is 3.20. The highest BCUT2D eigenvalue weighted by Crippen LogP contribution is 2.28. The average molecular weight is 434 g/mol. The van der Waals surface area contributed by atoms with Crippen LogP contribution in [0.5, 0.6) is 11.5 Å². The number of nitrogens with one attached hydrogen (secondary N) is 2. The number of hydrogen-bond acceptors (Lipinski definition) is 7. The van der Waals surface area contributed by atoms with Crippen LogP contribution in [-0.2, 0) is 21.2 Å². The van der Waals surface area contributed by atoms with Gasteiger partial charge in [-0.25, -0.2) is 13.4 Å². The first-order valence-electron chi connectivity index (χ1n) is 8.44. The Labute approximate surface area is 172 Å². The van der Waals surface area contributed by atoms with E-state index in [4.69, 9.17) is 9.47 Å². The van der Waals surface area contributed by atoms with E-state index in [1.54, 1.807) is 30.7 Å². The molecule has 1 heterocycles. The van der Waals surface area contributed by atoms with Gasteiger partial charge in [-0.15, -0.1) is 11.3 Å². The minimum absolute atomic E-state index is 0.0746. The third-order valence-electron chi connectivity index (χ3n) is 3.92. The molecule has 0 fully saturated rings. The molecule has 3 aromatic rings. The van der Waals surface area contributed by atoms with Crippen molar-refractivity contribution >= 4 is 38.1 Å². The number of carbonyl (C=O) groups excluding carboxylic acids is 1. The van der Waals surface area contributed by atoms with Crippen LogP contribution in [0.15, 0.2) is 58.9 Å². The van der Waals surface area contributed by atoms with Crippen molar-refractivity contribution < 1.29 is 22.7 Å². The number of thiazole rings is 1. The number of sulfonamides is 1. The summed E-state index contributed by atoms with van der Waals surface area (Å²) in [6, 6.07) is 11.1. The fraction of sp³-hybridized carbons (Fsp3) is 0.158. The van der Waals surface area contributed by atoms with Gasteiger partial charge in [-0.3, -0.25) is 9.52 Å². The summed E-state index contributed by atoms with van der Waals surface area (Å²) in [5.41, 5.74) is 1.25. The molecule has 0 spiro atoms. The van der Waals surface area contributed by atoms with E-state index in [2.05, 4.69) is 15.0 Å². The van der Waals surface area contributed by atoms with Crippen LogP contribution in [0.2, 0.25) is 0 Å². The number of rotatable bonds is 8. The van der Waals surface area contributed by atoms with Crippen molar-refractivity contribution in [1.29, 1.82) is 0 Å². The van der Waals surface area contributed by atoms with Gasteiger partial charge in [-0.05, 0) is 42.0 Å². The number of carbonyl (C=O) groups is 1. The quantitative estimate of drug-likeness (QED) is 0.565. The zero-order chi connectivity index (χ0) is 20.9. The third kappa shape index (κ3) is 5.24. The molecule has 10 heteroatoms. The number of amides is 1. The van der Waals surface area contributed by atoms with Gasteiger partial charge in [0.05, 0.1) is 25.5 Å². The van der Waals surface area contributed by atoms with Crippen LogP contribution in [0.4, 0.5) is 10.8 Å². The highest BCUT2D eigenvalue weighted by atomic mass is 32.2.